The van der Waals surface area contributed by atoms with E-state index < -0.39 is 39.8 Å². The third-order valence-corrected chi connectivity index (χ3v) is 13.8. The summed E-state index contributed by atoms with van der Waals surface area (Å²) in [6.45, 7) is -0.146. The van der Waals surface area contributed by atoms with E-state index in [4.69, 9.17) is 5.11 Å². The van der Waals surface area contributed by atoms with E-state index >= 15 is 0 Å². The molecule has 0 aliphatic heterocycles. The zero-order valence-corrected chi connectivity index (χ0v) is 32.7. The van der Waals surface area contributed by atoms with Crippen LogP contribution in [0.2, 0.25) is 0 Å². The molecule has 4 aromatic rings. The van der Waals surface area contributed by atoms with Crippen molar-refractivity contribution in [3.8, 4) is 0 Å². The fourth-order valence-corrected chi connectivity index (χ4v) is 10.6. The Balaban J connectivity index is 1.14. The van der Waals surface area contributed by atoms with Crippen molar-refractivity contribution in [1.82, 2.24) is 4.31 Å². The fraction of sp³-hybridized carbons (Fsp3) is 0.381. The molecule has 2 aliphatic carbocycles. The van der Waals surface area contributed by atoms with Crippen molar-refractivity contribution in [3.05, 3.63) is 111 Å². The zero-order valence-electron chi connectivity index (χ0n) is 31.0. The number of anilines is 2. The van der Waals surface area contributed by atoms with E-state index in [-0.39, 0.29) is 41.5 Å². The molecule has 0 spiro atoms. The number of rotatable bonds is 16. The van der Waals surface area contributed by atoms with Crippen LogP contribution < -0.4 is 10.6 Å². The second kappa shape index (κ2) is 18.4. The Kier molecular flexibility index (Phi) is 13.4. The number of aliphatic hydroxyl groups is 1. The van der Waals surface area contributed by atoms with Crippen molar-refractivity contribution in [3.63, 3.8) is 0 Å². The number of aliphatic hydroxyl groups excluding tert-OH is 1. The molecule has 5 N–H and O–H groups in total. The zero-order chi connectivity index (χ0) is 39.8. The summed E-state index contributed by atoms with van der Waals surface area (Å²) < 4.78 is 29.4. The van der Waals surface area contributed by atoms with E-state index in [2.05, 4.69) is 10.6 Å². The lowest BCUT2D eigenvalue weighted by molar-refractivity contribution is -0.143. The summed E-state index contributed by atoms with van der Waals surface area (Å²) in [5.41, 5.74) is 4.45. The molecule has 0 bridgehead atoms. The van der Waals surface area contributed by atoms with Gasteiger partial charge < -0.3 is 26.0 Å². The average Bonchev–Trinajstić information content (AvgIpc) is 3.57. The van der Waals surface area contributed by atoms with Gasteiger partial charge in [0.05, 0.1) is 21.9 Å². The van der Waals surface area contributed by atoms with Gasteiger partial charge in [-0.15, -0.1) is 11.3 Å². The Morgan fingerprint density at radius 1 is 0.768 bits per heavy atom. The average molecular weight is 802 g/mol. The third kappa shape index (κ3) is 9.73. The maximum Gasteiger partial charge on any atom is 0.335 e. The highest BCUT2D eigenvalue weighted by atomic mass is 32.2. The molecule has 1 aromatic heterocycles. The molecule has 0 atom stereocenters. The number of carbonyl (C=O) groups excluding carboxylic acids is 2. The lowest BCUT2D eigenvalue weighted by atomic mass is 9.86. The van der Waals surface area contributed by atoms with E-state index in [0.717, 1.165) is 60.1 Å². The quantitative estimate of drug-likeness (QED) is 0.0793. The monoisotopic (exact) mass is 801 g/mol. The Morgan fingerprint density at radius 2 is 1.43 bits per heavy atom. The van der Waals surface area contributed by atoms with Crippen molar-refractivity contribution in [2.75, 3.05) is 23.8 Å². The molecular weight excluding hydrogens is 755 g/mol. The summed E-state index contributed by atoms with van der Waals surface area (Å²) in [6, 6.07) is 19.8. The number of hydrogen-bond acceptors (Lipinski definition) is 8. The van der Waals surface area contributed by atoms with Crippen LogP contribution in [0.1, 0.15) is 104 Å². The van der Waals surface area contributed by atoms with Crippen LogP contribution in [0.3, 0.4) is 0 Å². The minimum absolute atomic E-state index is 0.0616. The first kappa shape index (κ1) is 40.8. The molecule has 12 nitrogen and oxygen atoms in total. The van der Waals surface area contributed by atoms with Crippen molar-refractivity contribution in [2.24, 2.45) is 5.92 Å². The molecule has 296 valence electrons. The van der Waals surface area contributed by atoms with E-state index in [9.17, 15) is 37.8 Å². The summed E-state index contributed by atoms with van der Waals surface area (Å²) in [6.07, 6.45) is 7.55. The predicted octanol–water partition coefficient (Wildman–Crippen LogP) is 7.02. The van der Waals surface area contributed by atoms with E-state index in [0.29, 0.717) is 48.4 Å². The molecule has 3 aromatic carbocycles. The molecule has 14 heteroatoms. The van der Waals surface area contributed by atoms with Gasteiger partial charge in [0.1, 0.15) is 5.00 Å². The normalized spacial score (nSPS) is 16.9. The fourth-order valence-electron chi connectivity index (χ4n) is 7.60. The van der Waals surface area contributed by atoms with E-state index in [1.54, 1.807) is 12.1 Å². The number of amides is 2. The van der Waals surface area contributed by atoms with Crippen LogP contribution in [-0.4, -0.2) is 71.0 Å². The molecule has 1 fully saturated rings. The molecule has 6 rings (SSSR count). The molecule has 1 saturated carbocycles. The molecule has 0 radical (unpaired) electrons. The first-order valence-corrected chi connectivity index (χ1v) is 21.3. The molecule has 56 heavy (non-hydrogen) atoms. The number of nitrogens with one attached hydrogen (secondary N) is 2. The van der Waals surface area contributed by atoms with Gasteiger partial charge in [-0.1, -0.05) is 30.3 Å². The first-order chi connectivity index (χ1) is 26.9. The lowest BCUT2D eigenvalue weighted by Gasteiger charge is -2.35. The number of carboxylic acids is 2. The van der Waals surface area contributed by atoms with Gasteiger partial charge in [-0.25, -0.2) is 13.2 Å². The van der Waals surface area contributed by atoms with Crippen LogP contribution in [0.15, 0.2) is 77.7 Å². The maximum atomic E-state index is 14.0. The number of thiophene rings is 1. The van der Waals surface area contributed by atoms with Gasteiger partial charge in [0.2, 0.25) is 10.0 Å². The Morgan fingerprint density at radius 3 is 2.07 bits per heavy atom. The number of benzene rings is 3. The summed E-state index contributed by atoms with van der Waals surface area (Å²) in [7, 11) is -4.11. The van der Waals surface area contributed by atoms with Gasteiger partial charge in [-0.2, -0.15) is 4.31 Å². The van der Waals surface area contributed by atoms with Gasteiger partial charge in [0.15, 0.2) is 0 Å². The molecule has 2 amide bonds. The van der Waals surface area contributed by atoms with Gasteiger partial charge in [0, 0.05) is 35.3 Å². The molecule has 2 aliphatic rings. The SMILES string of the molecule is O=C(O)c1ccc(CCCc2ccc(NC(=O)c3c(NC(=O)c4cccc(S(=O)(=O)N(CCCO)[C@H]5CC[C@H](C(=O)O)CC5)c4)sc4c3CCCC4)cc2)cc1. The largest absolute Gasteiger partial charge is 0.481 e. The summed E-state index contributed by atoms with van der Waals surface area (Å²) in [5, 5.41) is 34.4. The van der Waals surface area contributed by atoms with Crippen LogP contribution in [-0.2, 0) is 40.5 Å². The number of aryl methyl sites for hydroxylation is 3. The number of carboxylic acid groups (broad SMARTS) is 2. The molecular formula is C42H47N3O9S2. The van der Waals surface area contributed by atoms with Crippen molar-refractivity contribution in [1.29, 1.82) is 0 Å². The number of nitrogens with zero attached hydrogens (tertiary/aromatic N) is 1. The molecule has 1 heterocycles. The van der Waals surface area contributed by atoms with Crippen molar-refractivity contribution < 1.29 is 42.9 Å². The topological polar surface area (TPSA) is 190 Å². The third-order valence-electron chi connectivity index (χ3n) is 10.7. The second-order valence-corrected chi connectivity index (χ2v) is 17.4. The van der Waals surface area contributed by atoms with E-state index in [1.165, 1.54) is 39.9 Å². The van der Waals surface area contributed by atoms with Gasteiger partial charge in [-0.3, -0.25) is 14.4 Å². The highest BCUT2D eigenvalue weighted by Gasteiger charge is 2.36. The lowest BCUT2D eigenvalue weighted by Crippen LogP contribution is -2.43. The predicted molar refractivity (Wildman–Crippen MR) is 214 cm³/mol. The number of fused-ring (bicyclic) bond motifs is 1. The highest BCUT2D eigenvalue weighted by molar-refractivity contribution is 7.89. The summed E-state index contributed by atoms with van der Waals surface area (Å²) >= 11 is 1.37. The number of aliphatic carboxylic acids is 1. The maximum absolute atomic E-state index is 14.0. The van der Waals surface area contributed by atoms with Crippen LogP contribution >= 0.6 is 11.3 Å². The van der Waals surface area contributed by atoms with Crippen LogP contribution in [0, 0.1) is 5.92 Å². The van der Waals surface area contributed by atoms with Crippen molar-refractivity contribution >= 4 is 55.8 Å². The van der Waals surface area contributed by atoms with Crippen LogP contribution in [0.5, 0.6) is 0 Å². The molecule has 0 unspecified atom stereocenters. The van der Waals surface area contributed by atoms with Crippen LogP contribution in [0.4, 0.5) is 10.7 Å². The first-order valence-electron chi connectivity index (χ1n) is 19.1. The summed E-state index contributed by atoms with van der Waals surface area (Å²) in [4.78, 5) is 51.3. The van der Waals surface area contributed by atoms with Gasteiger partial charge >= 0.3 is 11.9 Å². The second-order valence-electron chi connectivity index (χ2n) is 14.4. The minimum atomic E-state index is -4.11. The van der Waals surface area contributed by atoms with Gasteiger partial charge in [-0.05, 0) is 136 Å². The summed E-state index contributed by atoms with van der Waals surface area (Å²) in [5.74, 6) is -3.25. The Bertz CT molecular complexity index is 2160. The smallest absolute Gasteiger partial charge is 0.335 e. The standard InChI is InChI=1S/C42H47N3O9S2/c46-25-5-24-45(33-22-18-30(19-23-33)42(51)52)56(53,54)34-9-4-8-31(26-34)38(47)44-40-37(35-10-1-2-11-36(35)55-40)39(48)43-32-20-14-28(15-21-32)7-3-6-27-12-16-29(17-13-27)41(49)50/h4,8-9,12-17,20-21,26,30,33,46H,1-3,5-7,10-11,18-19,22-25H2,(H,43,48)(H,44,47)(H,49,50)(H,51,52)/t30-,33-. The number of carbonyl (C=O) groups is 4. The number of sulfonamides is 1. The van der Waals surface area contributed by atoms with Crippen LogP contribution in [0.25, 0.3) is 0 Å². The number of hydrogen-bond donors (Lipinski definition) is 5. The van der Waals surface area contributed by atoms with E-state index in [1.807, 2.05) is 36.4 Å². The van der Waals surface area contributed by atoms with Gasteiger partial charge in [0.25, 0.3) is 11.8 Å². The highest BCUT2D eigenvalue weighted by Crippen LogP contribution is 2.39. The molecule has 0 saturated heterocycles. The van der Waals surface area contributed by atoms with Crippen molar-refractivity contribution in [2.45, 2.75) is 88.0 Å². The Hall–Kier alpha value is -4.89. The minimum Gasteiger partial charge on any atom is -0.481 e. The number of aromatic carboxylic acids is 1. The Labute approximate surface area is 330 Å².